The van der Waals surface area contributed by atoms with Gasteiger partial charge in [0.05, 0.1) is 31.3 Å². The molecule has 0 radical (unpaired) electrons. The molecule has 8 N–H and O–H groups in total. The first-order valence-electron chi connectivity index (χ1n) is 8.94. The Bertz CT molecular complexity index is 535. The minimum Gasteiger partial charge on any atom is -0.395 e. The summed E-state index contributed by atoms with van der Waals surface area (Å²) < 4.78 is 3.60. The van der Waals surface area contributed by atoms with E-state index in [9.17, 15) is 20.4 Å². The lowest BCUT2D eigenvalue weighted by Crippen LogP contribution is -2.40. The van der Waals surface area contributed by atoms with Crippen molar-refractivity contribution in [1.29, 1.82) is 0 Å². The van der Waals surface area contributed by atoms with E-state index < -0.39 is 48.5 Å². The standard InChI is InChI=1S/C17H26O4.H4O5P2/c18-10-17(11-19,12-20)16(21)15-9-5-4-8-14(15)13-6-2-1-3-7-13;1-6(2)5-7(3)4/h4-5,8-9,13,16,18-21H,1-3,6-7,10-12H2;1-4H. The highest BCUT2D eigenvalue weighted by molar-refractivity contribution is 7.53. The highest BCUT2D eigenvalue weighted by Gasteiger charge is 2.39. The molecular weight excluding hydrogens is 410 g/mol. The fraction of sp³-hybridized carbons (Fsp3) is 0.647. The van der Waals surface area contributed by atoms with E-state index in [1.165, 1.54) is 19.3 Å². The predicted molar refractivity (Wildman–Crippen MR) is 105 cm³/mol. The molecule has 0 heterocycles. The first-order chi connectivity index (χ1) is 13.3. The van der Waals surface area contributed by atoms with Gasteiger partial charge < -0.3 is 40.0 Å². The van der Waals surface area contributed by atoms with Gasteiger partial charge in [-0.2, -0.15) is 0 Å². The molecule has 1 aromatic carbocycles. The molecule has 0 amide bonds. The van der Waals surface area contributed by atoms with Crippen LogP contribution in [0.4, 0.5) is 0 Å². The highest BCUT2D eigenvalue weighted by Crippen LogP contribution is 2.42. The lowest BCUT2D eigenvalue weighted by Gasteiger charge is -2.35. The van der Waals surface area contributed by atoms with Crippen molar-refractivity contribution >= 4 is 17.2 Å². The maximum Gasteiger partial charge on any atom is 0.334 e. The van der Waals surface area contributed by atoms with E-state index >= 15 is 0 Å². The molecule has 1 aliphatic rings. The minimum absolute atomic E-state index is 0.415. The van der Waals surface area contributed by atoms with E-state index in [-0.39, 0.29) is 0 Å². The van der Waals surface area contributed by atoms with Gasteiger partial charge in [-0.3, -0.25) is 0 Å². The van der Waals surface area contributed by atoms with Crippen LogP contribution in [0.25, 0.3) is 0 Å². The van der Waals surface area contributed by atoms with Gasteiger partial charge in [0, 0.05) is 0 Å². The van der Waals surface area contributed by atoms with Gasteiger partial charge in [0.15, 0.2) is 0 Å². The molecule has 2 rings (SSSR count). The second-order valence-electron chi connectivity index (χ2n) is 6.79. The fourth-order valence-electron chi connectivity index (χ4n) is 3.35. The molecule has 1 aliphatic carbocycles. The van der Waals surface area contributed by atoms with E-state index in [0.29, 0.717) is 5.92 Å². The number of aliphatic hydroxyl groups excluding tert-OH is 4. The summed E-state index contributed by atoms with van der Waals surface area (Å²) in [7, 11) is -5.22. The molecule has 1 aromatic rings. The van der Waals surface area contributed by atoms with Gasteiger partial charge in [-0.05, 0) is 29.9 Å². The van der Waals surface area contributed by atoms with Crippen molar-refractivity contribution in [2.45, 2.75) is 44.1 Å². The van der Waals surface area contributed by atoms with Gasteiger partial charge in [0.2, 0.25) is 0 Å². The molecule has 1 atom stereocenters. The number of benzene rings is 1. The van der Waals surface area contributed by atoms with E-state index in [4.69, 9.17) is 19.6 Å². The molecule has 1 unspecified atom stereocenters. The lowest BCUT2D eigenvalue weighted by molar-refractivity contribution is -0.0856. The van der Waals surface area contributed by atoms with Crippen LogP contribution < -0.4 is 0 Å². The van der Waals surface area contributed by atoms with Crippen molar-refractivity contribution in [2.75, 3.05) is 19.8 Å². The van der Waals surface area contributed by atoms with E-state index in [1.54, 1.807) is 0 Å². The van der Waals surface area contributed by atoms with E-state index in [1.807, 2.05) is 24.3 Å². The molecular formula is C17H30O9P2. The zero-order valence-electron chi connectivity index (χ0n) is 15.5. The molecule has 0 saturated heterocycles. The summed E-state index contributed by atoms with van der Waals surface area (Å²) in [5.74, 6) is 0.415. The number of aliphatic hydroxyl groups is 4. The number of hydrogen-bond acceptors (Lipinski definition) is 9. The smallest absolute Gasteiger partial charge is 0.334 e. The van der Waals surface area contributed by atoms with E-state index in [0.717, 1.165) is 24.0 Å². The summed E-state index contributed by atoms with van der Waals surface area (Å²) in [6.07, 6.45) is 4.79. The van der Waals surface area contributed by atoms with Crippen LogP contribution in [-0.4, -0.2) is 59.8 Å². The fourth-order valence-corrected chi connectivity index (χ4v) is 3.87. The molecule has 1 saturated carbocycles. The Hall–Kier alpha value is -0.280. The molecule has 162 valence electrons. The maximum atomic E-state index is 10.7. The Morgan fingerprint density at radius 1 is 0.893 bits per heavy atom. The van der Waals surface area contributed by atoms with Crippen LogP contribution in [0.3, 0.4) is 0 Å². The average molecular weight is 440 g/mol. The summed E-state index contributed by atoms with van der Waals surface area (Å²) >= 11 is 0. The summed E-state index contributed by atoms with van der Waals surface area (Å²) in [5.41, 5.74) is 0.510. The molecule has 9 nitrogen and oxygen atoms in total. The van der Waals surface area contributed by atoms with Crippen LogP contribution in [0.15, 0.2) is 24.3 Å². The largest absolute Gasteiger partial charge is 0.395 e. The van der Waals surface area contributed by atoms with Crippen molar-refractivity contribution in [3.8, 4) is 0 Å². The Labute approximate surface area is 166 Å². The second-order valence-corrected chi connectivity index (χ2v) is 8.45. The normalized spacial score (nSPS) is 16.8. The van der Waals surface area contributed by atoms with Crippen molar-refractivity contribution in [3.05, 3.63) is 35.4 Å². The van der Waals surface area contributed by atoms with Crippen LogP contribution in [0.1, 0.15) is 55.3 Å². The second kappa shape index (κ2) is 13.1. The summed E-state index contributed by atoms with van der Waals surface area (Å²) in [4.78, 5) is 31.3. The Balaban J connectivity index is 0.000000480. The highest BCUT2D eigenvalue weighted by atomic mass is 31.2. The first-order valence-corrected chi connectivity index (χ1v) is 11.3. The monoisotopic (exact) mass is 440 g/mol. The molecule has 1 fully saturated rings. The van der Waals surface area contributed by atoms with Crippen molar-refractivity contribution in [2.24, 2.45) is 5.41 Å². The summed E-state index contributed by atoms with van der Waals surface area (Å²) in [5, 5.41) is 39.3. The molecule has 0 bridgehead atoms. The van der Waals surface area contributed by atoms with Crippen molar-refractivity contribution in [3.63, 3.8) is 0 Å². The van der Waals surface area contributed by atoms with Gasteiger partial charge in [-0.1, -0.05) is 43.5 Å². The Morgan fingerprint density at radius 3 is 1.82 bits per heavy atom. The van der Waals surface area contributed by atoms with Gasteiger partial charge in [0.1, 0.15) is 0 Å². The number of rotatable bonds is 8. The zero-order valence-corrected chi connectivity index (χ0v) is 17.3. The lowest BCUT2D eigenvalue weighted by atomic mass is 9.75. The minimum atomic E-state index is -2.61. The SMILES string of the molecule is OCC(CO)(CO)C(O)c1ccccc1C1CCCCC1.OP(O)OP(O)O. The molecule has 0 aliphatic heterocycles. The third-order valence-electron chi connectivity index (χ3n) is 5.01. The van der Waals surface area contributed by atoms with E-state index in [2.05, 4.69) is 4.31 Å². The van der Waals surface area contributed by atoms with Crippen LogP contribution >= 0.6 is 17.2 Å². The Kier molecular flexibility index (Phi) is 12.1. The van der Waals surface area contributed by atoms with Gasteiger partial charge >= 0.3 is 17.2 Å². The van der Waals surface area contributed by atoms with Crippen LogP contribution in [0.5, 0.6) is 0 Å². The van der Waals surface area contributed by atoms with Crippen molar-refractivity contribution in [1.82, 2.24) is 0 Å². The topological polar surface area (TPSA) is 171 Å². The van der Waals surface area contributed by atoms with Gasteiger partial charge in [-0.15, -0.1) is 0 Å². The molecule has 0 aromatic heterocycles. The maximum absolute atomic E-state index is 10.7. The number of hydrogen-bond donors (Lipinski definition) is 8. The first kappa shape index (κ1) is 25.8. The zero-order chi connectivity index (χ0) is 21.2. The molecule has 0 spiro atoms. The molecule has 11 heteroatoms. The molecule has 28 heavy (non-hydrogen) atoms. The average Bonchev–Trinajstić information content (AvgIpc) is 2.70. The third kappa shape index (κ3) is 7.52. The quantitative estimate of drug-likeness (QED) is 0.276. The van der Waals surface area contributed by atoms with Gasteiger partial charge in [0.25, 0.3) is 0 Å². The van der Waals surface area contributed by atoms with Crippen molar-refractivity contribution < 1.29 is 44.3 Å². The third-order valence-corrected chi connectivity index (χ3v) is 6.17. The predicted octanol–water partition coefficient (Wildman–Crippen LogP) is 1.16. The Morgan fingerprint density at radius 2 is 1.39 bits per heavy atom. The van der Waals surface area contributed by atoms with Crippen LogP contribution in [0.2, 0.25) is 0 Å². The summed E-state index contributed by atoms with van der Waals surface area (Å²) in [6.45, 7) is -1.37. The van der Waals surface area contributed by atoms with Crippen LogP contribution in [0, 0.1) is 5.41 Å². The van der Waals surface area contributed by atoms with Crippen LogP contribution in [-0.2, 0) is 4.31 Å². The van der Waals surface area contributed by atoms with Gasteiger partial charge in [-0.25, -0.2) is 4.31 Å². The summed E-state index contributed by atoms with van der Waals surface area (Å²) in [6, 6.07) is 7.66.